The number of ether oxygens (including phenoxy) is 2. The molecule has 3 aliphatic rings. The van der Waals surface area contributed by atoms with Gasteiger partial charge in [0.05, 0.1) is 6.61 Å². The minimum Gasteiger partial charge on any atom is -0.460 e. The first-order valence-corrected chi connectivity index (χ1v) is 19.7. The quantitative estimate of drug-likeness (QED) is 0.172. The van der Waals surface area contributed by atoms with Gasteiger partial charge in [-0.05, 0) is 13.8 Å². The van der Waals surface area contributed by atoms with Crippen molar-refractivity contribution >= 4 is 11.9 Å². The normalized spacial score (nSPS) is 18.4. The summed E-state index contributed by atoms with van der Waals surface area (Å²) in [6, 6.07) is 0. The van der Waals surface area contributed by atoms with Gasteiger partial charge in [0.1, 0.15) is 6.61 Å². The minimum atomic E-state index is -0.578. The molecule has 3 rings (SSSR count). The van der Waals surface area contributed by atoms with Crippen molar-refractivity contribution in [2.45, 2.75) is 206 Å². The third-order valence-electron chi connectivity index (χ3n) is 8.72. The molecule has 0 saturated heterocycles. The molecule has 0 aliphatic heterocycles. The van der Waals surface area contributed by atoms with Crippen LogP contribution in [0.25, 0.3) is 0 Å². The van der Waals surface area contributed by atoms with Crippen molar-refractivity contribution in [2.24, 2.45) is 0 Å². The predicted molar refractivity (Wildman–Crippen MR) is 199 cm³/mol. The highest BCUT2D eigenvalue weighted by Crippen LogP contribution is 2.17. The summed E-state index contributed by atoms with van der Waals surface area (Å²) in [7, 11) is 0. The molecule has 0 aromatic rings. The lowest BCUT2D eigenvalue weighted by molar-refractivity contribution is -0.146. The average molecular weight is 667 g/mol. The van der Waals surface area contributed by atoms with Crippen LogP contribution in [0.15, 0.2) is 24.3 Å². The van der Waals surface area contributed by atoms with E-state index in [0.717, 1.165) is 0 Å². The third-order valence-corrected chi connectivity index (χ3v) is 8.72. The number of hydrogen-bond donors (Lipinski definition) is 2. The van der Waals surface area contributed by atoms with Gasteiger partial charge in [0.2, 0.25) is 0 Å². The maximum absolute atomic E-state index is 10.5. The molecule has 3 fully saturated rings. The van der Waals surface area contributed by atoms with Crippen LogP contribution in [0.4, 0.5) is 0 Å². The van der Waals surface area contributed by atoms with Crippen LogP contribution in [0, 0.1) is 0 Å². The number of esters is 2. The molecular weight excluding hydrogens is 588 g/mol. The van der Waals surface area contributed by atoms with Gasteiger partial charge in [-0.15, -0.1) is 0 Å². The summed E-state index contributed by atoms with van der Waals surface area (Å²) < 4.78 is 8.58. The van der Waals surface area contributed by atoms with E-state index < -0.39 is 18.7 Å². The van der Waals surface area contributed by atoms with Crippen molar-refractivity contribution < 1.29 is 29.3 Å². The lowest BCUT2D eigenvalue weighted by atomic mass is 10.0. The van der Waals surface area contributed by atoms with Crippen LogP contribution in [0.3, 0.4) is 0 Å². The number of carbonyl (C=O) groups excluding carboxylic acids is 2. The van der Waals surface area contributed by atoms with E-state index in [9.17, 15) is 9.59 Å². The zero-order valence-electron chi connectivity index (χ0n) is 31.3. The molecule has 0 aromatic carbocycles. The Morgan fingerprint density at radius 3 is 0.681 bits per heavy atom. The minimum absolute atomic E-state index is 0.0473. The van der Waals surface area contributed by atoms with Crippen LogP contribution in [0.1, 0.15) is 206 Å². The van der Waals surface area contributed by atoms with E-state index >= 15 is 0 Å². The highest BCUT2D eigenvalue weighted by atomic mass is 16.6. The second-order valence-corrected chi connectivity index (χ2v) is 13.6. The summed E-state index contributed by atoms with van der Waals surface area (Å²) in [4.78, 5) is 20.7. The van der Waals surface area contributed by atoms with Crippen LogP contribution in [0.5, 0.6) is 0 Å². The summed E-state index contributed by atoms with van der Waals surface area (Å²) in [5.74, 6) is -1.02. The van der Waals surface area contributed by atoms with Gasteiger partial charge in [-0.3, -0.25) is 0 Å². The Balaban J connectivity index is 0. The number of carbonyl (C=O) groups is 2. The van der Waals surface area contributed by atoms with E-state index in [1.807, 2.05) is 0 Å². The SMILES string of the molecule is C1CCCCCCCCC1.C1CCCCCCCCC1.C1CCCCCCCCC1.C=C(C)C(=O)OCCO.C=C(C)C(=O)OCO. The number of aliphatic hydroxyl groups excluding tert-OH is 2. The van der Waals surface area contributed by atoms with Gasteiger partial charge in [0, 0.05) is 11.1 Å². The molecular formula is C41H78O6. The van der Waals surface area contributed by atoms with Crippen molar-refractivity contribution in [3.63, 3.8) is 0 Å². The molecule has 0 atom stereocenters. The third kappa shape index (κ3) is 42.3. The summed E-state index contributed by atoms with van der Waals surface area (Å²) in [5, 5.41) is 16.2. The van der Waals surface area contributed by atoms with Gasteiger partial charge >= 0.3 is 11.9 Å². The van der Waals surface area contributed by atoms with Crippen molar-refractivity contribution in [2.75, 3.05) is 20.0 Å². The lowest BCUT2D eigenvalue weighted by Gasteiger charge is -2.05. The summed E-state index contributed by atoms with van der Waals surface area (Å²) in [6.45, 7) is 9.04. The molecule has 0 aromatic heterocycles. The largest absolute Gasteiger partial charge is 0.460 e. The standard InChI is InChI=1S/3C10H20.C6H10O3.C5H8O3/c3*1-2-4-6-8-10-9-7-5-3-1;1-5(2)6(8)9-4-3-7;1-4(2)5(7)8-3-6/h3*1-10H2;7H,1,3-4H2,2H3;6H,1,3H2,2H3. The first kappa shape index (κ1) is 47.5. The van der Waals surface area contributed by atoms with E-state index in [4.69, 9.17) is 10.2 Å². The van der Waals surface area contributed by atoms with Crippen LogP contribution < -0.4 is 0 Å². The van der Waals surface area contributed by atoms with E-state index in [2.05, 4.69) is 22.6 Å². The van der Waals surface area contributed by atoms with E-state index in [0.29, 0.717) is 11.1 Å². The fourth-order valence-electron chi connectivity index (χ4n) is 5.75. The van der Waals surface area contributed by atoms with Crippen LogP contribution >= 0.6 is 0 Å². The van der Waals surface area contributed by atoms with Gasteiger partial charge in [-0.1, -0.05) is 206 Å². The van der Waals surface area contributed by atoms with Gasteiger partial charge in [-0.25, -0.2) is 9.59 Å². The zero-order chi connectivity index (χ0) is 35.1. The van der Waals surface area contributed by atoms with Crippen molar-refractivity contribution in [1.82, 2.24) is 0 Å². The molecule has 47 heavy (non-hydrogen) atoms. The Labute approximate surface area is 291 Å². The highest BCUT2D eigenvalue weighted by molar-refractivity contribution is 5.87. The van der Waals surface area contributed by atoms with Crippen molar-refractivity contribution in [3.05, 3.63) is 24.3 Å². The Morgan fingerprint density at radius 2 is 0.574 bits per heavy atom. The molecule has 0 heterocycles. The Kier molecular flexibility index (Phi) is 40.9. The van der Waals surface area contributed by atoms with Gasteiger partial charge in [0.15, 0.2) is 6.79 Å². The lowest BCUT2D eigenvalue weighted by Crippen LogP contribution is -2.08. The first-order chi connectivity index (χ1) is 22.9. The van der Waals surface area contributed by atoms with Gasteiger partial charge < -0.3 is 19.7 Å². The maximum Gasteiger partial charge on any atom is 0.335 e. The molecule has 6 nitrogen and oxygen atoms in total. The fourth-order valence-corrected chi connectivity index (χ4v) is 5.75. The molecule has 278 valence electrons. The molecule has 0 radical (unpaired) electrons. The zero-order valence-corrected chi connectivity index (χ0v) is 31.3. The summed E-state index contributed by atoms with van der Waals surface area (Å²) in [6.07, 6.45) is 45.0. The summed E-state index contributed by atoms with van der Waals surface area (Å²) in [5.41, 5.74) is 0.641. The first-order valence-electron chi connectivity index (χ1n) is 19.7. The second kappa shape index (κ2) is 40.5. The second-order valence-electron chi connectivity index (χ2n) is 13.6. The van der Waals surface area contributed by atoms with E-state index in [1.165, 1.54) is 200 Å². The Bertz CT molecular complexity index is 557. The van der Waals surface area contributed by atoms with Crippen molar-refractivity contribution in [3.8, 4) is 0 Å². The molecule has 3 saturated carbocycles. The molecule has 3 aliphatic carbocycles. The number of aliphatic hydroxyl groups is 2. The molecule has 6 heteroatoms. The van der Waals surface area contributed by atoms with E-state index in [1.54, 1.807) is 6.92 Å². The highest BCUT2D eigenvalue weighted by Gasteiger charge is 2.01. The van der Waals surface area contributed by atoms with Gasteiger partial charge in [0.25, 0.3) is 0 Å². The monoisotopic (exact) mass is 667 g/mol. The smallest absolute Gasteiger partial charge is 0.335 e. The topological polar surface area (TPSA) is 93.1 Å². The number of rotatable bonds is 5. The fraction of sp³-hybridized carbons (Fsp3) is 0.854. The van der Waals surface area contributed by atoms with Crippen molar-refractivity contribution in [1.29, 1.82) is 0 Å². The Hall–Kier alpha value is -1.66. The summed E-state index contributed by atoms with van der Waals surface area (Å²) >= 11 is 0. The molecule has 0 amide bonds. The molecule has 0 spiro atoms. The average Bonchev–Trinajstić information content (AvgIpc) is 3.09. The van der Waals surface area contributed by atoms with E-state index in [-0.39, 0.29) is 13.2 Å². The number of hydrogen-bond acceptors (Lipinski definition) is 6. The van der Waals surface area contributed by atoms with Crippen LogP contribution in [0.2, 0.25) is 0 Å². The van der Waals surface area contributed by atoms with Crippen LogP contribution in [-0.4, -0.2) is 42.2 Å². The van der Waals surface area contributed by atoms with Gasteiger partial charge in [-0.2, -0.15) is 0 Å². The molecule has 0 bridgehead atoms. The maximum atomic E-state index is 10.5. The van der Waals surface area contributed by atoms with Crippen LogP contribution in [-0.2, 0) is 19.1 Å². The Morgan fingerprint density at radius 1 is 0.404 bits per heavy atom. The molecule has 0 unspecified atom stereocenters. The predicted octanol–water partition coefficient (Wildman–Crippen LogP) is 11.9. The molecule has 2 N–H and O–H groups in total.